The maximum atomic E-state index is 12.0. The first kappa shape index (κ1) is 14.3. The van der Waals surface area contributed by atoms with Crippen molar-refractivity contribution in [3.05, 3.63) is 22.5 Å². The van der Waals surface area contributed by atoms with E-state index in [0.29, 0.717) is 23.4 Å². The van der Waals surface area contributed by atoms with Gasteiger partial charge in [0, 0.05) is 12.2 Å². The zero-order valence-electron chi connectivity index (χ0n) is 11.1. The Hall–Kier alpha value is -1.78. The van der Waals surface area contributed by atoms with Crippen molar-refractivity contribution < 1.29 is 14.7 Å². The van der Waals surface area contributed by atoms with Gasteiger partial charge in [0.25, 0.3) is 5.91 Å². The number of aromatic carboxylic acids is 1. The molecule has 3 N–H and O–H groups in total. The number of carbonyl (C=O) groups is 2. The predicted molar refractivity (Wildman–Crippen MR) is 69.1 cm³/mol. The Balaban J connectivity index is 2.77. The summed E-state index contributed by atoms with van der Waals surface area (Å²) in [6.07, 6.45) is 3.11. The summed E-state index contributed by atoms with van der Waals surface area (Å²) in [6.45, 7) is 6.08. The maximum absolute atomic E-state index is 12.0. The maximum Gasteiger partial charge on any atom is 0.352 e. The van der Waals surface area contributed by atoms with Crippen molar-refractivity contribution in [2.24, 2.45) is 0 Å². The van der Waals surface area contributed by atoms with Gasteiger partial charge in [-0.05, 0) is 25.8 Å². The fourth-order valence-electron chi connectivity index (χ4n) is 1.97. The van der Waals surface area contributed by atoms with Gasteiger partial charge in [0.1, 0.15) is 5.69 Å². The van der Waals surface area contributed by atoms with Crippen LogP contribution in [0.25, 0.3) is 0 Å². The molecule has 0 spiro atoms. The molecule has 1 heterocycles. The van der Waals surface area contributed by atoms with E-state index in [1.807, 2.05) is 0 Å². The Morgan fingerprint density at radius 3 is 2.44 bits per heavy atom. The molecule has 100 valence electrons. The Morgan fingerprint density at radius 2 is 1.94 bits per heavy atom. The molecule has 0 aromatic carbocycles. The van der Waals surface area contributed by atoms with Gasteiger partial charge in [-0.3, -0.25) is 4.79 Å². The summed E-state index contributed by atoms with van der Waals surface area (Å²) < 4.78 is 0. The summed E-state index contributed by atoms with van der Waals surface area (Å²) in [5.41, 5.74) is 1.63. The van der Waals surface area contributed by atoms with Crippen molar-refractivity contribution in [2.75, 3.05) is 6.54 Å². The lowest BCUT2D eigenvalue weighted by molar-refractivity contribution is 0.0690. The van der Waals surface area contributed by atoms with Gasteiger partial charge in [0.05, 0.1) is 5.56 Å². The molecule has 0 atom stereocenters. The summed E-state index contributed by atoms with van der Waals surface area (Å²) in [5, 5.41) is 11.8. The van der Waals surface area contributed by atoms with Crippen molar-refractivity contribution in [3.8, 4) is 0 Å². The highest BCUT2D eigenvalue weighted by Crippen LogP contribution is 2.17. The summed E-state index contributed by atoms with van der Waals surface area (Å²) in [5.74, 6) is -1.24. The summed E-state index contributed by atoms with van der Waals surface area (Å²) in [6, 6.07) is 0. The summed E-state index contributed by atoms with van der Waals surface area (Å²) in [7, 11) is 0. The van der Waals surface area contributed by atoms with Crippen molar-refractivity contribution in [3.63, 3.8) is 0 Å². The molecule has 0 radical (unpaired) electrons. The highest BCUT2D eigenvalue weighted by Gasteiger charge is 2.20. The van der Waals surface area contributed by atoms with E-state index in [1.165, 1.54) is 0 Å². The second-order valence-corrected chi connectivity index (χ2v) is 4.39. The third kappa shape index (κ3) is 3.12. The molecule has 18 heavy (non-hydrogen) atoms. The molecule has 0 aliphatic heterocycles. The van der Waals surface area contributed by atoms with E-state index in [0.717, 1.165) is 19.3 Å². The van der Waals surface area contributed by atoms with Crippen LogP contribution in [0.15, 0.2) is 0 Å². The number of amides is 1. The van der Waals surface area contributed by atoms with Crippen LogP contribution in [0.1, 0.15) is 58.3 Å². The van der Waals surface area contributed by atoms with Gasteiger partial charge in [0.15, 0.2) is 0 Å². The lowest BCUT2D eigenvalue weighted by Gasteiger charge is -2.05. The third-order valence-electron chi connectivity index (χ3n) is 2.94. The Labute approximate surface area is 107 Å². The number of aromatic nitrogens is 1. The molecule has 5 nitrogen and oxygen atoms in total. The van der Waals surface area contributed by atoms with Gasteiger partial charge < -0.3 is 15.4 Å². The topological polar surface area (TPSA) is 82.2 Å². The van der Waals surface area contributed by atoms with E-state index < -0.39 is 5.97 Å². The molecule has 0 unspecified atom stereocenters. The number of carboxylic acid groups (broad SMARTS) is 1. The number of nitrogens with one attached hydrogen (secondary N) is 2. The van der Waals surface area contributed by atoms with Gasteiger partial charge in [-0.25, -0.2) is 4.79 Å². The van der Waals surface area contributed by atoms with Crippen LogP contribution in [0, 0.1) is 13.8 Å². The standard InChI is InChI=1S/C13H20N2O3/c1-4-5-6-7-14-12(16)10-8(2)11(13(17)18)15-9(10)3/h15H,4-7H2,1-3H3,(H,14,16)(H,17,18). The van der Waals surface area contributed by atoms with Crippen LogP contribution in [0.2, 0.25) is 0 Å². The monoisotopic (exact) mass is 252 g/mol. The number of hydrogen-bond donors (Lipinski definition) is 3. The van der Waals surface area contributed by atoms with Crippen LogP contribution in [0.4, 0.5) is 0 Å². The van der Waals surface area contributed by atoms with Crippen molar-refractivity contribution >= 4 is 11.9 Å². The molecule has 0 bridgehead atoms. The van der Waals surface area contributed by atoms with E-state index >= 15 is 0 Å². The van der Waals surface area contributed by atoms with Gasteiger partial charge >= 0.3 is 5.97 Å². The number of carbonyl (C=O) groups excluding carboxylic acids is 1. The molecule has 0 aliphatic carbocycles. The van der Waals surface area contributed by atoms with Gasteiger partial charge in [-0.2, -0.15) is 0 Å². The molecule has 0 fully saturated rings. The summed E-state index contributed by atoms with van der Waals surface area (Å²) in [4.78, 5) is 25.6. The van der Waals surface area contributed by atoms with Crippen LogP contribution >= 0.6 is 0 Å². The molecule has 1 amide bonds. The molecule has 0 saturated carbocycles. The lowest BCUT2D eigenvalue weighted by atomic mass is 10.1. The molecule has 1 aromatic heterocycles. The molecule has 1 rings (SSSR count). The van der Waals surface area contributed by atoms with Crippen LogP contribution in [-0.2, 0) is 0 Å². The van der Waals surface area contributed by atoms with E-state index in [1.54, 1.807) is 13.8 Å². The van der Waals surface area contributed by atoms with Crippen LogP contribution in [0.5, 0.6) is 0 Å². The van der Waals surface area contributed by atoms with E-state index in [-0.39, 0.29) is 11.6 Å². The Kier molecular flexibility index (Phi) is 4.95. The van der Waals surface area contributed by atoms with Crippen LogP contribution in [-0.4, -0.2) is 28.5 Å². The smallest absolute Gasteiger partial charge is 0.352 e. The molecular weight excluding hydrogens is 232 g/mol. The fourth-order valence-corrected chi connectivity index (χ4v) is 1.97. The molecule has 1 aromatic rings. The molecular formula is C13H20N2O3. The quantitative estimate of drug-likeness (QED) is 0.679. The molecule has 5 heteroatoms. The third-order valence-corrected chi connectivity index (χ3v) is 2.94. The number of hydrogen-bond acceptors (Lipinski definition) is 2. The minimum Gasteiger partial charge on any atom is -0.477 e. The number of H-pyrrole nitrogens is 1. The molecule has 0 saturated heterocycles. The Morgan fingerprint density at radius 1 is 1.28 bits per heavy atom. The number of unbranched alkanes of at least 4 members (excludes halogenated alkanes) is 2. The Bertz CT molecular complexity index is 449. The SMILES string of the molecule is CCCCCNC(=O)c1c(C)[nH]c(C(=O)O)c1C. The average Bonchev–Trinajstić information content (AvgIpc) is 2.60. The lowest BCUT2D eigenvalue weighted by Crippen LogP contribution is -2.25. The minimum absolute atomic E-state index is 0.0891. The van der Waals surface area contributed by atoms with E-state index in [9.17, 15) is 9.59 Å². The predicted octanol–water partition coefficient (Wildman–Crippen LogP) is 2.25. The number of carboxylic acids is 1. The van der Waals surface area contributed by atoms with E-state index in [4.69, 9.17) is 5.11 Å². The van der Waals surface area contributed by atoms with E-state index in [2.05, 4.69) is 17.2 Å². The number of aryl methyl sites for hydroxylation is 1. The summed E-state index contributed by atoms with van der Waals surface area (Å²) >= 11 is 0. The first-order valence-electron chi connectivity index (χ1n) is 6.19. The highest BCUT2D eigenvalue weighted by molar-refractivity contribution is 6.00. The number of aromatic amines is 1. The van der Waals surface area contributed by atoms with Gasteiger partial charge in [0.2, 0.25) is 0 Å². The second kappa shape index (κ2) is 6.23. The fraction of sp³-hybridized carbons (Fsp3) is 0.538. The average molecular weight is 252 g/mol. The van der Waals surface area contributed by atoms with Crippen LogP contribution in [0.3, 0.4) is 0 Å². The first-order valence-corrected chi connectivity index (χ1v) is 6.19. The van der Waals surface area contributed by atoms with Gasteiger partial charge in [-0.1, -0.05) is 19.8 Å². The van der Waals surface area contributed by atoms with Crippen molar-refractivity contribution in [1.82, 2.24) is 10.3 Å². The van der Waals surface area contributed by atoms with Crippen molar-refractivity contribution in [1.29, 1.82) is 0 Å². The van der Waals surface area contributed by atoms with Crippen molar-refractivity contribution in [2.45, 2.75) is 40.0 Å². The first-order chi connectivity index (χ1) is 8.49. The minimum atomic E-state index is -1.04. The van der Waals surface area contributed by atoms with Gasteiger partial charge in [-0.15, -0.1) is 0 Å². The second-order valence-electron chi connectivity index (χ2n) is 4.39. The normalized spacial score (nSPS) is 10.4. The van der Waals surface area contributed by atoms with Crippen LogP contribution < -0.4 is 5.32 Å². The molecule has 0 aliphatic rings. The number of rotatable bonds is 6. The zero-order valence-corrected chi connectivity index (χ0v) is 11.1. The zero-order chi connectivity index (χ0) is 13.7. The highest BCUT2D eigenvalue weighted by atomic mass is 16.4. The largest absolute Gasteiger partial charge is 0.477 e.